The molecule has 6 nitrogen and oxygen atoms in total. The molecule has 1 aromatic heterocycles. The number of amides is 1. The standard InChI is InChI=1S/C20H24FN3O3/c1-6-15-13-9-10-24(19(25)27-20(2,3)4)18(13)23-17(22-15)12-7-8-16(26-5)14(21)11-12/h7-8,11H,6,9-10H2,1-5H3. The van der Waals surface area contributed by atoms with Crippen molar-refractivity contribution in [3.05, 3.63) is 35.3 Å². The molecule has 0 saturated heterocycles. The van der Waals surface area contributed by atoms with Crippen LogP contribution in [-0.2, 0) is 17.6 Å². The lowest BCUT2D eigenvalue weighted by molar-refractivity contribution is 0.0583. The number of carbonyl (C=O) groups is 1. The average molecular weight is 373 g/mol. The van der Waals surface area contributed by atoms with Crippen LogP contribution in [0.2, 0.25) is 0 Å². The van der Waals surface area contributed by atoms with Gasteiger partial charge >= 0.3 is 6.09 Å². The molecule has 3 rings (SSSR count). The molecule has 1 amide bonds. The summed E-state index contributed by atoms with van der Waals surface area (Å²) in [5, 5.41) is 0. The first-order chi connectivity index (χ1) is 12.7. The molecular formula is C20H24FN3O3. The van der Waals surface area contributed by atoms with Crippen LogP contribution in [0.3, 0.4) is 0 Å². The molecule has 2 aromatic rings. The minimum Gasteiger partial charge on any atom is -0.494 e. The van der Waals surface area contributed by atoms with Crippen molar-refractivity contribution in [1.29, 1.82) is 0 Å². The molecule has 0 bridgehead atoms. The Balaban J connectivity index is 2.03. The van der Waals surface area contributed by atoms with E-state index in [0.717, 1.165) is 11.3 Å². The minimum absolute atomic E-state index is 0.158. The van der Waals surface area contributed by atoms with Crippen molar-refractivity contribution in [2.24, 2.45) is 0 Å². The molecule has 0 radical (unpaired) electrons. The molecule has 144 valence electrons. The molecule has 1 aromatic carbocycles. The highest BCUT2D eigenvalue weighted by molar-refractivity contribution is 5.89. The molecule has 0 fully saturated rings. The Morgan fingerprint density at radius 1 is 1.30 bits per heavy atom. The molecule has 27 heavy (non-hydrogen) atoms. The minimum atomic E-state index is -0.595. The summed E-state index contributed by atoms with van der Waals surface area (Å²) in [6, 6.07) is 4.58. The lowest BCUT2D eigenvalue weighted by atomic mass is 10.1. The Hall–Kier alpha value is -2.70. The largest absolute Gasteiger partial charge is 0.494 e. The first-order valence-electron chi connectivity index (χ1n) is 8.97. The summed E-state index contributed by atoms with van der Waals surface area (Å²) in [5.74, 6) is 0.595. The molecule has 0 spiro atoms. The average Bonchev–Trinajstić information content (AvgIpc) is 3.03. The second-order valence-corrected chi connectivity index (χ2v) is 7.38. The van der Waals surface area contributed by atoms with Gasteiger partial charge in [0.25, 0.3) is 0 Å². The summed E-state index contributed by atoms with van der Waals surface area (Å²) in [5.41, 5.74) is 1.74. The van der Waals surface area contributed by atoms with Gasteiger partial charge in [0.15, 0.2) is 17.4 Å². The Morgan fingerprint density at radius 3 is 2.63 bits per heavy atom. The predicted molar refractivity (Wildman–Crippen MR) is 101 cm³/mol. The molecule has 0 atom stereocenters. The van der Waals surface area contributed by atoms with E-state index in [1.807, 2.05) is 27.7 Å². The number of methoxy groups -OCH3 is 1. The monoisotopic (exact) mass is 373 g/mol. The van der Waals surface area contributed by atoms with E-state index in [1.54, 1.807) is 12.1 Å². The van der Waals surface area contributed by atoms with Crippen LogP contribution >= 0.6 is 0 Å². The quantitative estimate of drug-likeness (QED) is 0.809. The van der Waals surface area contributed by atoms with Gasteiger partial charge in [0, 0.05) is 23.4 Å². The Kier molecular flexibility index (Phi) is 5.04. The molecular weight excluding hydrogens is 349 g/mol. The van der Waals surface area contributed by atoms with Gasteiger partial charge in [0.1, 0.15) is 11.4 Å². The maximum atomic E-state index is 14.1. The van der Waals surface area contributed by atoms with Crippen LogP contribution in [0, 0.1) is 5.82 Å². The number of fused-ring (bicyclic) bond motifs is 1. The fourth-order valence-electron chi connectivity index (χ4n) is 3.05. The van der Waals surface area contributed by atoms with Crippen molar-refractivity contribution in [3.63, 3.8) is 0 Å². The summed E-state index contributed by atoms with van der Waals surface area (Å²) in [6.07, 6.45) is 0.932. The molecule has 2 heterocycles. The number of nitrogens with zero attached hydrogens (tertiary/aromatic N) is 3. The van der Waals surface area contributed by atoms with Gasteiger partial charge in [0.05, 0.1) is 7.11 Å². The van der Waals surface area contributed by atoms with E-state index >= 15 is 0 Å². The van der Waals surface area contributed by atoms with Crippen molar-refractivity contribution in [3.8, 4) is 17.1 Å². The summed E-state index contributed by atoms with van der Waals surface area (Å²) in [7, 11) is 1.41. The predicted octanol–water partition coefficient (Wildman–Crippen LogP) is 4.15. The number of benzene rings is 1. The zero-order valence-electron chi connectivity index (χ0n) is 16.3. The lowest BCUT2D eigenvalue weighted by Crippen LogP contribution is -2.36. The molecule has 0 N–H and O–H groups in total. The third-order valence-electron chi connectivity index (χ3n) is 4.27. The van der Waals surface area contributed by atoms with E-state index in [4.69, 9.17) is 9.47 Å². The third-order valence-corrected chi connectivity index (χ3v) is 4.27. The summed E-state index contributed by atoms with van der Waals surface area (Å²) < 4.78 is 24.6. The highest BCUT2D eigenvalue weighted by Gasteiger charge is 2.32. The van der Waals surface area contributed by atoms with E-state index in [2.05, 4.69) is 9.97 Å². The van der Waals surface area contributed by atoms with E-state index in [0.29, 0.717) is 36.6 Å². The van der Waals surface area contributed by atoms with Crippen LogP contribution < -0.4 is 9.64 Å². The number of hydrogen-bond donors (Lipinski definition) is 0. The van der Waals surface area contributed by atoms with E-state index < -0.39 is 17.5 Å². The number of anilines is 1. The van der Waals surface area contributed by atoms with Crippen LogP contribution in [0.1, 0.15) is 39.0 Å². The maximum Gasteiger partial charge on any atom is 0.416 e. The second kappa shape index (κ2) is 7.13. The molecule has 7 heteroatoms. The third kappa shape index (κ3) is 3.86. The topological polar surface area (TPSA) is 64.6 Å². The molecule has 0 unspecified atom stereocenters. The SMILES string of the molecule is CCc1nc(-c2ccc(OC)c(F)c2)nc2c1CCN2C(=O)OC(C)(C)C. The number of ether oxygens (including phenoxy) is 2. The van der Waals surface area contributed by atoms with Crippen molar-refractivity contribution < 1.29 is 18.7 Å². The van der Waals surface area contributed by atoms with Crippen LogP contribution in [0.25, 0.3) is 11.4 Å². The van der Waals surface area contributed by atoms with Gasteiger partial charge in [0.2, 0.25) is 0 Å². The molecule has 1 aliphatic heterocycles. The smallest absolute Gasteiger partial charge is 0.416 e. The van der Waals surface area contributed by atoms with Crippen molar-refractivity contribution in [2.75, 3.05) is 18.6 Å². The number of carbonyl (C=O) groups excluding carboxylic acids is 1. The van der Waals surface area contributed by atoms with Crippen LogP contribution in [0.15, 0.2) is 18.2 Å². The fraction of sp³-hybridized carbons (Fsp3) is 0.450. The fourth-order valence-corrected chi connectivity index (χ4v) is 3.05. The van der Waals surface area contributed by atoms with Crippen LogP contribution in [0.4, 0.5) is 15.0 Å². The van der Waals surface area contributed by atoms with Crippen LogP contribution in [-0.4, -0.2) is 35.3 Å². The number of hydrogen-bond acceptors (Lipinski definition) is 5. The Labute approximate surface area is 158 Å². The summed E-state index contributed by atoms with van der Waals surface area (Å²) in [4.78, 5) is 23.3. The normalized spacial score (nSPS) is 13.5. The molecule has 1 aliphatic rings. The van der Waals surface area contributed by atoms with Crippen molar-refractivity contribution in [1.82, 2.24) is 9.97 Å². The highest BCUT2D eigenvalue weighted by Crippen LogP contribution is 2.33. The van der Waals surface area contributed by atoms with E-state index in [9.17, 15) is 9.18 Å². The first-order valence-corrected chi connectivity index (χ1v) is 8.97. The van der Waals surface area contributed by atoms with Gasteiger partial charge in [-0.15, -0.1) is 0 Å². The summed E-state index contributed by atoms with van der Waals surface area (Å²) >= 11 is 0. The van der Waals surface area contributed by atoms with Gasteiger partial charge in [-0.2, -0.15) is 0 Å². The zero-order chi connectivity index (χ0) is 19.8. The van der Waals surface area contributed by atoms with Crippen molar-refractivity contribution >= 4 is 11.9 Å². The van der Waals surface area contributed by atoms with Gasteiger partial charge in [-0.05, 0) is 51.8 Å². The van der Waals surface area contributed by atoms with Gasteiger partial charge in [-0.25, -0.2) is 19.2 Å². The maximum absolute atomic E-state index is 14.1. The van der Waals surface area contributed by atoms with Gasteiger partial charge in [-0.3, -0.25) is 4.90 Å². The molecule has 0 saturated carbocycles. The first kappa shape index (κ1) is 19.1. The zero-order valence-corrected chi connectivity index (χ0v) is 16.3. The number of rotatable bonds is 3. The number of aryl methyl sites for hydroxylation is 1. The summed E-state index contributed by atoms with van der Waals surface area (Å²) in [6.45, 7) is 7.96. The Morgan fingerprint density at radius 2 is 2.04 bits per heavy atom. The van der Waals surface area contributed by atoms with Crippen molar-refractivity contribution in [2.45, 2.75) is 46.1 Å². The highest BCUT2D eigenvalue weighted by atomic mass is 19.1. The lowest BCUT2D eigenvalue weighted by Gasteiger charge is -2.24. The van der Waals surface area contributed by atoms with E-state index in [-0.39, 0.29) is 5.75 Å². The number of halogens is 1. The number of aromatic nitrogens is 2. The van der Waals surface area contributed by atoms with Crippen LogP contribution in [0.5, 0.6) is 5.75 Å². The van der Waals surface area contributed by atoms with Gasteiger partial charge in [-0.1, -0.05) is 6.92 Å². The van der Waals surface area contributed by atoms with Gasteiger partial charge < -0.3 is 9.47 Å². The second-order valence-electron chi connectivity index (χ2n) is 7.38. The molecule has 0 aliphatic carbocycles. The Bertz CT molecular complexity index is 878. The van der Waals surface area contributed by atoms with E-state index in [1.165, 1.54) is 18.1 Å².